The van der Waals surface area contributed by atoms with Crippen LogP contribution in [0.15, 0.2) is 42.0 Å². The number of allylic oxidation sites excluding steroid dienone is 4. The van der Waals surface area contributed by atoms with Gasteiger partial charge in [0.05, 0.1) is 0 Å². The van der Waals surface area contributed by atoms with Crippen molar-refractivity contribution < 1.29 is 0 Å². The van der Waals surface area contributed by atoms with Crippen molar-refractivity contribution >= 4 is 5.57 Å². The first-order valence-corrected chi connectivity index (χ1v) is 6.25. The van der Waals surface area contributed by atoms with Crippen molar-refractivity contribution in [3.05, 3.63) is 53.1 Å². The second kappa shape index (κ2) is 5.16. The van der Waals surface area contributed by atoms with Gasteiger partial charge in [0.15, 0.2) is 0 Å². The van der Waals surface area contributed by atoms with Crippen molar-refractivity contribution in [3.8, 4) is 0 Å². The zero-order valence-electron chi connectivity index (χ0n) is 10.3. The Balaban J connectivity index is 2.15. The largest absolute Gasteiger partial charge is 0.0699 e. The highest BCUT2D eigenvalue weighted by molar-refractivity contribution is 5.68. The molecule has 84 valence electrons. The highest BCUT2D eigenvalue weighted by atomic mass is 14.1. The van der Waals surface area contributed by atoms with E-state index in [-0.39, 0.29) is 0 Å². The summed E-state index contributed by atoms with van der Waals surface area (Å²) in [7, 11) is 0. The number of hydrogen-bond acceptors (Lipinski definition) is 0. The van der Waals surface area contributed by atoms with E-state index in [4.69, 9.17) is 0 Å². The van der Waals surface area contributed by atoms with E-state index in [1.165, 1.54) is 42.4 Å². The average Bonchev–Trinajstić information content (AvgIpc) is 2.32. The molecule has 0 heterocycles. The molecule has 1 aliphatic rings. The van der Waals surface area contributed by atoms with Crippen LogP contribution in [0.5, 0.6) is 0 Å². The van der Waals surface area contributed by atoms with Gasteiger partial charge in [0.1, 0.15) is 0 Å². The van der Waals surface area contributed by atoms with E-state index in [1.54, 1.807) is 5.57 Å². The fourth-order valence-electron chi connectivity index (χ4n) is 2.22. The van der Waals surface area contributed by atoms with Gasteiger partial charge in [0.2, 0.25) is 0 Å². The molecule has 2 rings (SSSR count). The van der Waals surface area contributed by atoms with E-state index < -0.39 is 0 Å². The van der Waals surface area contributed by atoms with Crippen LogP contribution in [0.25, 0.3) is 5.57 Å². The van der Waals surface area contributed by atoms with Gasteiger partial charge in [0.25, 0.3) is 0 Å². The molecule has 0 N–H and O–H groups in total. The highest BCUT2D eigenvalue weighted by Gasteiger charge is 2.07. The van der Waals surface area contributed by atoms with Crippen LogP contribution in [0.1, 0.15) is 43.7 Å². The molecular weight excluding hydrogens is 192 g/mol. The Hall–Kier alpha value is -1.30. The Morgan fingerprint density at radius 3 is 2.31 bits per heavy atom. The molecule has 0 aromatic heterocycles. The van der Waals surface area contributed by atoms with Gasteiger partial charge in [-0.15, -0.1) is 0 Å². The molecule has 0 nitrogen and oxygen atoms in total. The minimum absolute atomic E-state index is 1.20. The Labute approximate surface area is 98.7 Å². The lowest BCUT2D eigenvalue weighted by atomic mass is 9.91. The van der Waals surface area contributed by atoms with Crippen molar-refractivity contribution in [1.82, 2.24) is 0 Å². The third kappa shape index (κ3) is 2.63. The molecule has 1 aromatic rings. The molecule has 0 radical (unpaired) electrons. The third-order valence-electron chi connectivity index (χ3n) is 3.23. The summed E-state index contributed by atoms with van der Waals surface area (Å²) >= 11 is 0. The second-order valence-corrected chi connectivity index (χ2v) is 4.63. The lowest BCUT2D eigenvalue weighted by molar-refractivity contribution is 0.827. The fraction of sp³-hybridized carbons (Fsp3) is 0.375. The maximum atomic E-state index is 2.32. The quantitative estimate of drug-likeness (QED) is 0.668. The minimum atomic E-state index is 1.20. The smallest absolute Gasteiger partial charge is 0.0224 e. The predicted octanol–water partition coefficient (Wildman–Crippen LogP) is 4.90. The summed E-state index contributed by atoms with van der Waals surface area (Å²) in [5.41, 5.74) is 5.82. The van der Waals surface area contributed by atoms with Crippen molar-refractivity contribution in [2.75, 3.05) is 0 Å². The lowest BCUT2D eigenvalue weighted by Crippen LogP contribution is -1.93. The lowest BCUT2D eigenvalue weighted by Gasteiger charge is -2.14. The molecule has 0 amide bonds. The fourth-order valence-corrected chi connectivity index (χ4v) is 2.22. The minimum Gasteiger partial charge on any atom is -0.0699 e. The highest BCUT2D eigenvalue weighted by Crippen LogP contribution is 2.28. The normalized spacial score (nSPS) is 15.6. The molecule has 0 spiro atoms. The van der Waals surface area contributed by atoms with Gasteiger partial charge in [-0.05, 0) is 37.3 Å². The SMILES string of the molecule is CCCC1=CC=C(c2ccc(C)cc2)CC1. The Kier molecular flexibility index (Phi) is 3.61. The van der Waals surface area contributed by atoms with E-state index in [1.807, 2.05) is 0 Å². The van der Waals surface area contributed by atoms with Crippen molar-refractivity contribution in [2.45, 2.75) is 39.5 Å². The summed E-state index contributed by atoms with van der Waals surface area (Å²) in [6, 6.07) is 8.86. The zero-order chi connectivity index (χ0) is 11.4. The number of rotatable bonds is 3. The van der Waals surface area contributed by atoms with Crippen LogP contribution in [0.4, 0.5) is 0 Å². The van der Waals surface area contributed by atoms with Gasteiger partial charge in [-0.2, -0.15) is 0 Å². The first kappa shape index (κ1) is 11.2. The van der Waals surface area contributed by atoms with Crippen LogP contribution in [0.2, 0.25) is 0 Å². The topological polar surface area (TPSA) is 0 Å². The van der Waals surface area contributed by atoms with Crippen LogP contribution in [0, 0.1) is 6.92 Å². The van der Waals surface area contributed by atoms with Crippen LogP contribution in [0.3, 0.4) is 0 Å². The maximum absolute atomic E-state index is 2.32. The monoisotopic (exact) mass is 212 g/mol. The number of hydrogen-bond donors (Lipinski definition) is 0. The molecule has 0 bridgehead atoms. The summed E-state index contributed by atoms with van der Waals surface area (Å²) in [6.07, 6.45) is 9.60. The Morgan fingerprint density at radius 1 is 1.00 bits per heavy atom. The summed E-state index contributed by atoms with van der Waals surface area (Å²) in [4.78, 5) is 0. The molecule has 0 fully saturated rings. The molecule has 0 saturated heterocycles. The molecule has 1 aromatic carbocycles. The van der Waals surface area contributed by atoms with Gasteiger partial charge >= 0.3 is 0 Å². The Bertz CT molecular complexity index is 404. The van der Waals surface area contributed by atoms with Gasteiger partial charge in [-0.3, -0.25) is 0 Å². The van der Waals surface area contributed by atoms with E-state index in [9.17, 15) is 0 Å². The zero-order valence-corrected chi connectivity index (χ0v) is 10.3. The molecule has 0 atom stereocenters. The number of benzene rings is 1. The van der Waals surface area contributed by atoms with Gasteiger partial charge < -0.3 is 0 Å². The van der Waals surface area contributed by atoms with Gasteiger partial charge in [-0.25, -0.2) is 0 Å². The van der Waals surface area contributed by atoms with E-state index in [2.05, 4.69) is 50.3 Å². The van der Waals surface area contributed by atoms with E-state index >= 15 is 0 Å². The summed E-state index contributed by atoms with van der Waals surface area (Å²) < 4.78 is 0. The molecule has 0 heteroatoms. The first-order valence-electron chi connectivity index (χ1n) is 6.25. The van der Waals surface area contributed by atoms with E-state index in [0.29, 0.717) is 0 Å². The molecule has 1 aliphatic carbocycles. The Morgan fingerprint density at radius 2 is 1.75 bits per heavy atom. The van der Waals surface area contributed by atoms with Crippen molar-refractivity contribution in [1.29, 1.82) is 0 Å². The van der Waals surface area contributed by atoms with Gasteiger partial charge in [-0.1, -0.05) is 60.9 Å². The molecule has 16 heavy (non-hydrogen) atoms. The van der Waals surface area contributed by atoms with E-state index in [0.717, 1.165) is 0 Å². The predicted molar refractivity (Wildman–Crippen MR) is 71.4 cm³/mol. The maximum Gasteiger partial charge on any atom is -0.0224 e. The standard InChI is InChI=1S/C16H20/c1-3-4-14-7-11-16(12-8-14)15-9-5-13(2)6-10-15/h5-7,9-11H,3-4,8,12H2,1-2H3. The number of aryl methyl sites for hydroxylation is 1. The van der Waals surface area contributed by atoms with Crippen molar-refractivity contribution in [2.24, 2.45) is 0 Å². The molecular formula is C16H20. The van der Waals surface area contributed by atoms with Crippen LogP contribution in [-0.4, -0.2) is 0 Å². The second-order valence-electron chi connectivity index (χ2n) is 4.63. The summed E-state index contributed by atoms with van der Waals surface area (Å²) in [6.45, 7) is 4.39. The van der Waals surface area contributed by atoms with Crippen LogP contribution < -0.4 is 0 Å². The van der Waals surface area contributed by atoms with Crippen LogP contribution >= 0.6 is 0 Å². The first-order chi connectivity index (χ1) is 7.79. The molecule has 0 unspecified atom stereocenters. The average molecular weight is 212 g/mol. The third-order valence-corrected chi connectivity index (χ3v) is 3.23. The van der Waals surface area contributed by atoms with Crippen molar-refractivity contribution in [3.63, 3.8) is 0 Å². The summed E-state index contributed by atoms with van der Waals surface area (Å²) in [5.74, 6) is 0. The summed E-state index contributed by atoms with van der Waals surface area (Å²) in [5, 5.41) is 0. The van der Waals surface area contributed by atoms with Gasteiger partial charge in [0, 0.05) is 0 Å². The van der Waals surface area contributed by atoms with Crippen LogP contribution in [-0.2, 0) is 0 Å². The molecule has 0 aliphatic heterocycles. The molecule has 0 saturated carbocycles.